The summed E-state index contributed by atoms with van der Waals surface area (Å²) >= 11 is 5.97. The minimum absolute atomic E-state index is 0.0236. The first-order valence-electron chi connectivity index (χ1n) is 11.0. The molecule has 0 bridgehead atoms. The zero-order valence-corrected chi connectivity index (χ0v) is 20.1. The number of aryl methyl sites for hydroxylation is 1. The Morgan fingerprint density at radius 3 is 2.67 bits per heavy atom. The second-order valence-corrected chi connectivity index (χ2v) is 9.01. The molecule has 0 saturated heterocycles. The number of amides is 1. The van der Waals surface area contributed by atoms with Crippen LogP contribution < -0.4 is 10.1 Å². The summed E-state index contributed by atoms with van der Waals surface area (Å²) in [6.45, 7) is 3.04. The maximum absolute atomic E-state index is 15.6. The third-order valence-corrected chi connectivity index (χ3v) is 6.02. The van der Waals surface area contributed by atoms with Crippen molar-refractivity contribution < 1.29 is 31.8 Å². The maximum atomic E-state index is 15.6. The van der Waals surface area contributed by atoms with Crippen molar-refractivity contribution in [3.8, 4) is 11.6 Å². The van der Waals surface area contributed by atoms with Crippen LogP contribution in [0.2, 0.25) is 5.02 Å². The summed E-state index contributed by atoms with van der Waals surface area (Å²) in [4.78, 5) is 13.3. The largest absolute Gasteiger partial charge is 0.437 e. The highest BCUT2D eigenvalue weighted by Gasteiger charge is 2.33. The summed E-state index contributed by atoms with van der Waals surface area (Å²) in [5.74, 6) is -1.21. The van der Waals surface area contributed by atoms with E-state index in [1.54, 1.807) is 25.1 Å². The van der Waals surface area contributed by atoms with E-state index in [1.165, 1.54) is 19.1 Å². The molecule has 2 heterocycles. The van der Waals surface area contributed by atoms with E-state index in [4.69, 9.17) is 21.1 Å². The molecule has 1 aromatic heterocycles. The van der Waals surface area contributed by atoms with Crippen molar-refractivity contribution in [2.24, 2.45) is 0 Å². The van der Waals surface area contributed by atoms with Gasteiger partial charge in [0.2, 0.25) is 0 Å². The number of ether oxygens (including phenoxy) is 2. The van der Waals surface area contributed by atoms with Gasteiger partial charge < -0.3 is 14.8 Å². The van der Waals surface area contributed by atoms with Crippen LogP contribution in [-0.2, 0) is 29.6 Å². The van der Waals surface area contributed by atoms with Gasteiger partial charge in [-0.15, -0.1) is 5.10 Å². The first kappa shape index (κ1) is 25.8. The van der Waals surface area contributed by atoms with Crippen molar-refractivity contribution in [1.82, 2.24) is 15.5 Å². The number of benzene rings is 2. The number of hydrogen-bond donors (Lipinski definition) is 1. The fourth-order valence-electron chi connectivity index (χ4n) is 3.98. The number of aromatic nitrogens is 2. The Labute approximate surface area is 209 Å². The summed E-state index contributed by atoms with van der Waals surface area (Å²) in [6.07, 6.45) is -4.20. The summed E-state index contributed by atoms with van der Waals surface area (Å²) in [5.41, 5.74) is -1.08. The lowest BCUT2D eigenvalue weighted by molar-refractivity contribution is -0.137. The lowest BCUT2D eigenvalue weighted by Gasteiger charge is -2.25. The molecule has 1 aliphatic heterocycles. The first-order chi connectivity index (χ1) is 17.0. The van der Waals surface area contributed by atoms with Gasteiger partial charge in [0, 0.05) is 17.0 Å². The number of carbonyl (C=O) groups excluding carboxylic acids is 1. The van der Waals surface area contributed by atoms with Crippen LogP contribution in [0.1, 0.15) is 45.2 Å². The highest BCUT2D eigenvalue weighted by molar-refractivity contribution is 6.30. The van der Waals surface area contributed by atoms with E-state index >= 15 is 4.39 Å². The van der Waals surface area contributed by atoms with Crippen molar-refractivity contribution in [2.75, 3.05) is 13.2 Å². The molecular formula is C25H22ClF4N3O3. The van der Waals surface area contributed by atoms with E-state index in [9.17, 15) is 18.0 Å². The molecule has 0 aliphatic carbocycles. The lowest BCUT2D eigenvalue weighted by atomic mass is 9.93. The van der Waals surface area contributed by atoms with Crippen LogP contribution in [0.5, 0.6) is 11.6 Å². The van der Waals surface area contributed by atoms with Crippen LogP contribution in [0, 0.1) is 6.92 Å². The highest BCUT2D eigenvalue weighted by atomic mass is 35.5. The molecule has 1 N–H and O–H groups in total. The molecule has 36 heavy (non-hydrogen) atoms. The number of alkyl halides is 4. The average molecular weight is 524 g/mol. The Balaban J connectivity index is 1.64. The van der Waals surface area contributed by atoms with Gasteiger partial charge in [0.1, 0.15) is 11.3 Å². The van der Waals surface area contributed by atoms with Crippen LogP contribution in [0.15, 0.2) is 42.5 Å². The molecule has 0 spiro atoms. The molecule has 0 radical (unpaired) electrons. The van der Waals surface area contributed by atoms with Crippen molar-refractivity contribution in [1.29, 1.82) is 0 Å². The normalized spacial score (nSPS) is 15.1. The Morgan fingerprint density at radius 2 is 1.94 bits per heavy atom. The van der Waals surface area contributed by atoms with Gasteiger partial charge in [-0.25, -0.2) is 4.39 Å². The molecule has 0 fully saturated rings. The number of hydrogen-bond acceptors (Lipinski definition) is 5. The number of fused-ring (bicyclic) bond motifs is 1. The average Bonchev–Trinajstić information content (AvgIpc) is 2.82. The molecule has 2 aromatic carbocycles. The van der Waals surface area contributed by atoms with Gasteiger partial charge in [0.25, 0.3) is 11.8 Å². The van der Waals surface area contributed by atoms with E-state index in [-0.39, 0.29) is 23.8 Å². The van der Waals surface area contributed by atoms with Crippen molar-refractivity contribution in [2.45, 2.75) is 38.7 Å². The number of nitrogens with zero attached hydrogens (tertiary/aromatic N) is 2. The Morgan fingerprint density at radius 1 is 1.17 bits per heavy atom. The topological polar surface area (TPSA) is 73.3 Å². The monoisotopic (exact) mass is 523 g/mol. The number of rotatable bonds is 6. The quantitative estimate of drug-likeness (QED) is 0.405. The van der Waals surface area contributed by atoms with Crippen LogP contribution in [-0.4, -0.2) is 29.3 Å². The molecule has 0 saturated carbocycles. The molecule has 4 rings (SSSR count). The van der Waals surface area contributed by atoms with Crippen molar-refractivity contribution in [3.63, 3.8) is 0 Å². The summed E-state index contributed by atoms with van der Waals surface area (Å²) in [5, 5.41) is 11.0. The Kier molecular flexibility index (Phi) is 7.19. The van der Waals surface area contributed by atoms with Gasteiger partial charge >= 0.3 is 6.18 Å². The standard InChI is InChI=1S/C25H22ClF4N3O3/c1-14-10-16(26)6-7-19(14)24(2,27)13-31-22(34)21-18-12-35-9-8-20(18)32-33-23(21)36-17-5-3-4-15(11-17)25(28,29)30/h3-7,10-11H,8-9,12-13H2,1-2H3,(H,31,34). The predicted molar refractivity (Wildman–Crippen MR) is 124 cm³/mol. The molecule has 1 aliphatic rings. The van der Waals surface area contributed by atoms with E-state index in [0.29, 0.717) is 40.4 Å². The van der Waals surface area contributed by atoms with Gasteiger partial charge in [-0.05, 0) is 55.3 Å². The number of halogens is 5. The SMILES string of the molecule is Cc1cc(Cl)ccc1C(C)(F)CNC(=O)c1c(Oc2cccc(C(F)(F)F)c2)nnc2c1COCC2. The van der Waals surface area contributed by atoms with Crippen LogP contribution in [0.3, 0.4) is 0 Å². The molecule has 1 unspecified atom stereocenters. The third-order valence-electron chi connectivity index (χ3n) is 5.79. The van der Waals surface area contributed by atoms with E-state index < -0.39 is 29.9 Å². The fourth-order valence-corrected chi connectivity index (χ4v) is 4.21. The minimum atomic E-state index is -4.58. The Hall–Kier alpha value is -3.24. The second-order valence-electron chi connectivity index (χ2n) is 8.57. The zero-order valence-electron chi connectivity index (χ0n) is 19.4. The van der Waals surface area contributed by atoms with Crippen molar-refractivity contribution >= 4 is 17.5 Å². The van der Waals surface area contributed by atoms with E-state index in [2.05, 4.69) is 15.5 Å². The minimum Gasteiger partial charge on any atom is -0.437 e. The zero-order chi connectivity index (χ0) is 26.1. The van der Waals surface area contributed by atoms with Gasteiger partial charge in [0.05, 0.1) is 31.0 Å². The number of carbonyl (C=O) groups is 1. The molecule has 1 atom stereocenters. The smallest absolute Gasteiger partial charge is 0.416 e. The number of nitrogens with one attached hydrogen (secondary N) is 1. The van der Waals surface area contributed by atoms with Gasteiger partial charge in [-0.1, -0.05) is 23.7 Å². The molecule has 11 heteroatoms. The lowest BCUT2D eigenvalue weighted by Crippen LogP contribution is -2.37. The third kappa shape index (κ3) is 5.60. The highest BCUT2D eigenvalue weighted by Crippen LogP contribution is 2.35. The molecule has 190 valence electrons. The predicted octanol–water partition coefficient (Wildman–Crippen LogP) is 5.94. The van der Waals surface area contributed by atoms with Crippen molar-refractivity contribution in [3.05, 3.63) is 81.0 Å². The van der Waals surface area contributed by atoms with Crippen LogP contribution in [0.4, 0.5) is 17.6 Å². The van der Waals surface area contributed by atoms with E-state index in [0.717, 1.165) is 12.1 Å². The van der Waals surface area contributed by atoms with Gasteiger partial charge in [-0.2, -0.15) is 18.3 Å². The van der Waals surface area contributed by atoms with E-state index in [1.807, 2.05) is 0 Å². The maximum Gasteiger partial charge on any atom is 0.416 e. The fraction of sp³-hybridized carbons (Fsp3) is 0.320. The summed E-state index contributed by atoms with van der Waals surface area (Å²) in [6, 6.07) is 8.90. The summed E-state index contributed by atoms with van der Waals surface area (Å²) < 4.78 is 66.0. The van der Waals surface area contributed by atoms with Gasteiger partial charge in [-0.3, -0.25) is 4.79 Å². The molecule has 1 amide bonds. The molecule has 3 aromatic rings. The second kappa shape index (κ2) is 10.0. The molecule has 6 nitrogen and oxygen atoms in total. The summed E-state index contributed by atoms with van der Waals surface area (Å²) in [7, 11) is 0. The van der Waals surface area contributed by atoms with Gasteiger partial charge in [0.15, 0.2) is 5.67 Å². The molecular weight excluding hydrogens is 502 g/mol. The van der Waals surface area contributed by atoms with Crippen LogP contribution in [0.25, 0.3) is 0 Å². The Bertz CT molecular complexity index is 1300. The van der Waals surface area contributed by atoms with Crippen LogP contribution >= 0.6 is 11.6 Å². The first-order valence-corrected chi connectivity index (χ1v) is 11.4.